The average Bonchev–Trinajstić information content (AvgIpc) is 3.48. The number of amides is 3. The van der Waals surface area contributed by atoms with Crippen molar-refractivity contribution in [2.45, 2.75) is 71.1 Å². The SMILES string of the molecule is CCOC(=O)N1CCN(C(=O)C(CCC(=O)OC(C)(C)C)NC(=O)c2cc(N[C@@H]3CCc4ccccc43)nc(-c3ccccc3)n2)CC1. The summed E-state index contributed by atoms with van der Waals surface area (Å²) in [6.07, 6.45) is 1.34. The van der Waals surface area contributed by atoms with Gasteiger partial charge in [-0.3, -0.25) is 14.4 Å². The molecule has 1 aliphatic carbocycles. The number of piperazine rings is 1. The number of aryl methyl sites for hydroxylation is 1. The average molecular weight is 657 g/mol. The molecule has 1 saturated heterocycles. The van der Waals surface area contributed by atoms with Gasteiger partial charge in [-0.15, -0.1) is 0 Å². The quantitative estimate of drug-likeness (QED) is 0.295. The van der Waals surface area contributed by atoms with Gasteiger partial charge in [0.2, 0.25) is 5.91 Å². The van der Waals surface area contributed by atoms with E-state index in [1.54, 1.807) is 43.6 Å². The number of hydrogen-bond donors (Lipinski definition) is 2. The maximum absolute atomic E-state index is 13.9. The van der Waals surface area contributed by atoms with Crippen molar-refractivity contribution in [2.24, 2.45) is 0 Å². The van der Waals surface area contributed by atoms with Crippen molar-refractivity contribution in [3.8, 4) is 11.4 Å². The highest BCUT2D eigenvalue weighted by Crippen LogP contribution is 2.33. The molecular weight excluding hydrogens is 612 g/mol. The van der Waals surface area contributed by atoms with Crippen molar-refractivity contribution in [2.75, 3.05) is 38.1 Å². The fraction of sp³-hybridized carbons (Fsp3) is 0.444. The first-order chi connectivity index (χ1) is 23.0. The van der Waals surface area contributed by atoms with Gasteiger partial charge < -0.3 is 29.9 Å². The molecule has 2 aromatic carbocycles. The van der Waals surface area contributed by atoms with Crippen molar-refractivity contribution in [3.05, 3.63) is 77.5 Å². The molecule has 2 atom stereocenters. The van der Waals surface area contributed by atoms with Gasteiger partial charge in [0.15, 0.2) is 5.82 Å². The van der Waals surface area contributed by atoms with E-state index in [4.69, 9.17) is 14.5 Å². The van der Waals surface area contributed by atoms with E-state index in [9.17, 15) is 19.2 Å². The smallest absolute Gasteiger partial charge is 0.409 e. The van der Waals surface area contributed by atoms with E-state index >= 15 is 0 Å². The topological polar surface area (TPSA) is 143 Å². The normalized spacial score (nSPS) is 16.5. The molecule has 5 rings (SSSR count). The predicted octanol–water partition coefficient (Wildman–Crippen LogP) is 4.76. The lowest BCUT2D eigenvalue weighted by atomic mass is 10.1. The van der Waals surface area contributed by atoms with E-state index in [0.29, 0.717) is 24.7 Å². The lowest BCUT2D eigenvalue weighted by molar-refractivity contribution is -0.155. The van der Waals surface area contributed by atoms with Crippen molar-refractivity contribution in [1.82, 2.24) is 25.1 Å². The maximum Gasteiger partial charge on any atom is 0.409 e. The van der Waals surface area contributed by atoms with Crippen molar-refractivity contribution >= 4 is 29.7 Å². The highest BCUT2D eigenvalue weighted by atomic mass is 16.6. The number of nitrogens with one attached hydrogen (secondary N) is 2. The number of esters is 1. The summed E-state index contributed by atoms with van der Waals surface area (Å²) in [4.78, 5) is 65.1. The Morgan fingerprint density at radius 3 is 2.33 bits per heavy atom. The first kappa shape index (κ1) is 34.3. The third kappa shape index (κ3) is 8.87. The van der Waals surface area contributed by atoms with Gasteiger partial charge in [0.1, 0.15) is 23.2 Å². The molecule has 1 fully saturated rings. The molecule has 2 aliphatic rings. The molecular formula is C36H44N6O6. The van der Waals surface area contributed by atoms with E-state index in [2.05, 4.69) is 27.8 Å². The molecule has 0 saturated carbocycles. The van der Waals surface area contributed by atoms with Crippen LogP contribution in [0.25, 0.3) is 11.4 Å². The van der Waals surface area contributed by atoms with Gasteiger partial charge in [-0.25, -0.2) is 14.8 Å². The number of anilines is 1. The van der Waals surface area contributed by atoms with Crippen LogP contribution in [-0.2, 0) is 25.5 Å². The highest BCUT2D eigenvalue weighted by Gasteiger charge is 2.32. The number of nitrogens with zero attached hydrogens (tertiary/aromatic N) is 4. The van der Waals surface area contributed by atoms with Crippen LogP contribution >= 0.6 is 0 Å². The van der Waals surface area contributed by atoms with Gasteiger partial charge in [0.05, 0.1) is 12.6 Å². The van der Waals surface area contributed by atoms with Crippen LogP contribution in [0, 0.1) is 0 Å². The number of aromatic nitrogens is 2. The lowest BCUT2D eigenvalue weighted by Crippen LogP contribution is -2.56. The van der Waals surface area contributed by atoms with Gasteiger partial charge in [-0.2, -0.15) is 0 Å². The molecule has 2 N–H and O–H groups in total. The Labute approximate surface area is 281 Å². The van der Waals surface area contributed by atoms with Gasteiger partial charge >= 0.3 is 12.1 Å². The Bertz CT molecular complexity index is 1620. The lowest BCUT2D eigenvalue weighted by Gasteiger charge is -2.36. The van der Waals surface area contributed by atoms with E-state index in [0.717, 1.165) is 18.4 Å². The van der Waals surface area contributed by atoms with E-state index < -0.39 is 29.6 Å². The second-order valence-electron chi connectivity index (χ2n) is 12.9. The number of ether oxygens (including phenoxy) is 2. The Morgan fingerprint density at radius 2 is 1.62 bits per heavy atom. The molecule has 1 unspecified atom stereocenters. The summed E-state index contributed by atoms with van der Waals surface area (Å²) in [7, 11) is 0. The predicted molar refractivity (Wildman–Crippen MR) is 180 cm³/mol. The largest absolute Gasteiger partial charge is 0.460 e. The van der Waals surface area contributed by atoms with Crippen LogP contribution in [0.4, 0.5) is 10.6 Å². The fourth-order valence-electron chi connectivity index (χ4n) is 5.93. The standard InChI is InChI=1S/C36H44N6O6/c1-5-47-35(46)42-21-19-41(20-22-42)34(45)28(17-18-31(43)48-36(2,3)4)39-33(44)29-23-30(40-32(38-29)25-12-7-6-8-13-25)37-27-16-15-24-11-9-10-14-26(24)27/h6-14,23,27-28H,5,15-22H2,1-4H3,(H,39,44)(H,37,38,40)/t27-,28?/m1/s1. The van der Waals surface area contributed by atoms with Gasteiger partial charge in [-0.1, -0.05) is 54.6 Å². The Morgan fingerprint density at radius 1 is 0.938 bits per heavy atom. The Hall–Kier alpha value is -5.00. The third-order valence-corrected chi connectivity index (χ3v) is 8.22. The molecule has 254 valence electrons. The zero-order valence-electron chi connectivity index (χ0n) is 28.0. The van der Waals surface area contributed by atoms with Crippen LogP contribution in [-0.4, -0.2) is 88.1 Å². The second-order valence-corrected chi connectivity index (χ2v) is 12.9. The summed E-state index contributed by atoms with van der Waals surface area (Å²) >= 11 is 0. The zero-order chi connectivity index (χ0) is 34.3. The van der Waals surface area contributed by atoms with Gasteiger partial charge in [-0.05, 0) is 58.1 Å². The molecule has 1 aliphatic heterocycles. The number of hydrogen-bond acceptors (Lipinski definition) is 9. The van der Waals surface area contributed by atoms with Crippen molar-refractivity contribution < 1.29 is 28.7 Å². The first-order valence-electron chi connectivity index (χ1n) is 16.5. The summed E-state index contributed by atoms with van der Waals surface area (Å²) in [6, 6.07) is 18.2. The van der Waals surface area contributed by atoms with Crippen LogP contribution in [0.15, 0.2) is 60.7 Å². The number of carbonyl (C=O) groups is 4. The number of benzene rings is 2. The molecule has 0 radical (unpaired) electrons. The minimum absolute atomic E-state index is 0.0204. The zero-order valence-corrected chi connectivity index (χ0v) is 28.0. The van der Waals surface area contributed by atoms with Crippen molar-refractivity contribution in [3.63, 3.8) is 0 Å². The van der Waals surface area contributed by atoms with Crippen LogP contribution in [0.1, 0.15) is 74.6 Å². The van der Waals surface area contributed by atoms with Crippen LogP contribution < -0.4 is 10.6 Å². The van der Waals surface area contributed by atoms with Crippen LogP contribution in [0.2, 0.25) is 0 Å². The summed E-state index contributed by atoms with van der Waals surface area (Å²) in [5.41, 5.74) is 2.60. The highest BCUT2D eigenvalue weighted by molar-refractivity contribution is 5.97. The van der Waals surface area contributed by atoms with Gasteiger partial charge in [0.25, 0.3) is 5.91 Å². The molecule has 1 aromatic heterocycles. The van der Waals surface area contributed by atoms with E-state index in [1.165, 1.54) is 11.1 Å². The Balaban J connectivity index is 1.38. The minimum Gasteiger partial charge on any atom is -0.460 e. The van der Waals surface area contributed by atoms with E-state index in [-0.39, 0.29) is 50.2 Å². The number of fused-ring (bicyclic) bond motifs is 1. The maximum atomic E-state index is 13.9. The molecule has 0 spiro atoms. The molecule has 12 nitrogen and oxygen atoms in total. The molecule has 12 heteroatoms. The van der Waals surface area contributed by atoms with Crippen molar-refractivity contribution in [1.29, 1.82) is 0 Å². The molecule has 3 amide bonds. The molecule has 0 bridgehead atoms. The summed E-state index contributed by atoms with van der Waals surface area (Å²) in [5, 5.41) is 6.36. The second kappa shape index (κ2) is 15.3. The molecule has 48 heavy (non-hydrogen) atoms. The molecule has 2 heterocycles. The third-order valence-electron chi connectivity index (χ3n) is 8.22. The summed E-state index contributed by atoms with van der Waals surface area (Å²) in [5.74, 6) is -0.546. The molecule has 3 aromatic rings. The van der Waals surface area contributed by atoms with Crippen LogP contribution in [0.3, 0.4) is 0 Å². The van der Waals surface area contributed by atoms with Gasteiger partial charge in [0, 0.05) is 44.2 Å². The first-order valence-corrected chi connectivity index (χ1v) is 16.5. The number of rotatable bonds is 10. The van der Waals surface area contributed by atoms with E-state index in [1.807, 2.05) is 42.5 Å². The van der Waals surface area contributed by atoms with Crippen LogP contribution in [0.5, 0.6) is 0 Å². The Kier molecular flexibility index (Phi) is 10.9. The summed E-state index contributed by atoms with van der Waals surface area (Å²) < 4.78 is 10.6. The summed E-state index contributed by atoms with van der Waals surface area (Å²) in [6.45, 7) is 8.43. The minimum atomic E-state index is -1.03. The number of carbonyl (C=O) groups excluding carboxylic acids is 4. The monoisotopic (exact) mass is 656 g/mol. The fourth-order valence-corrected chi connectivity index (χ4v) is 5.93.